The lowest BCUT2D eigenvalue weighted by atomic mass is 9.93. The second-order valence-electron chi connectivity index (χ2n) is 7.51. The molecule has 0 saturated heterocycles. The first kappa shape index (κ1) is 20.7. The monoisotopic (exact) mass is 317 g/mol. The van der Waals surface area contributed by atoms with Crippen molar-refractivity contribution < 1.29 is 24.2 Å². The number of ether oxygens (including phenoxy) is 2. The quantitative estimate of drug-likeness (QED) is 0.730. The number of hydrogen-bond acceptors (Lipinski definition) is 4. The predicted molar refractivity (Wildman–Crippen MR) is 84.9 cm³/mol. The van der Waals surface area contributed by atoms with E-state index in [2.05, 4.69) is 20.8 Å². The molecule has 1 atom stereocenters. The minimum Gasteiger partial charge on any atom is -0.480 e. The number of rotatable bonds is 7. The Bertz CT molecular complexity index is 368. The molecule has 0 unspecified atom stereocenters. The molecule has 0 aromatic rings. The number of hydrogen-bond donors (Lipinski definition) is 1. The van der Waals surface area contributed by atoms with Crippen molar-refractivity contribution in [2.24, 2.45) is 5.41 Å². The second-order valence-corrected chi connectivity index (χ2v) is 7.51. The number of nitrogens with zero attached hydrogens (tertiary/aromatic N) is 1. The third-order valence-corrected chi connectivity index (χ3v) is 2.90. The largest absolute Gasteiger partial charge is 0.480 e. The Morgan fingerprint density at radius 1 is 1.14 bits per heavy atom. The summed E-state index contributed by atoms with van der Waals surface area (Å²) >= 11 is 0. The van der Waals surface area contributed by atoms with Gasteiger partial charge in [0.15, 0.2) is 6.04 Å². The van der Waals surface area contributed by atoms with Gasteiger partial charge in [-0.3, -0.25) is 4.90 Å². The van der Waals surface area contributed by atoms with Crippen molar-refractivity contribution in [3.05, 3.63) is 0 Å². The van der Waals surface area contributed by atoms with Crippen LogP contribution in [0.15, 0.2) is 0 Å². The summed E-state index contributed by atoms with van der Waals surface area (Å²) in [5.74, 6) is -1.09. The van der Waals surface area contributed by atoms with Crippen molar-refractivity contribution >= 4 is 12.1 Å². The molecule has 6 heteroatoms. The number of carbonyl (C=O) groups excluding carboxylic acids is 1. The minimum absolute atomic E-state index is 0.0432. The highest BCUT2D eigenvalue weighted by Crippen LogP contribution is 2.18. The van der Waals surface area contributed by atoms with Crippen LogP contribution in [0, 0.1) is 5.41 Å². The maximum absolute atomic E-state index is 12.1. The zero-order valence-corrected chi connectivity index (χ0v) is 14.9. The van der Waals surface area contributed by atoms with Crippen molar-refractivity contribution in [3.63, 3.8) is 0 Å². The highest BCUT2D eigenvalue weighted by atomic mass is 16.6. The molecule has 0 radical (unpaired) electrons. The normalized spacial score (nSPS) is 13.6. The fraction of sp³-hybridized carbons (Fsp3) is 0.875. The zero-order valence-electron chi connectivity index (χ0n) is 14.9. The molecule has 0 fully saturated rings. The van der Waals surface area contributed by atoms with E-state index in [1.54, 1.807) is 27.7 Å². The standard InChI is InChI=1S/C16H31NO5/c1-8-17(14(20)22-16(5,6)7)12(13(18)19)11-21-10-9-15(2,3)4/h12H,8-11H2,1-7H3,(H,18,19)/t12-/m0/s1. The Labute approximate surface area is 133 Å². The van der Waals surface area contributed by atoms with Crippen LogP contribution in [-0.4, -0.2) is 53.5 Å². The molecular formula is C16H31NO5. The fourth-order valence-electron chi connectivity index (χ4n) is 1.67. The van der Waals surface area contributed by atoms with Gasteiger partial charge >= 0.3 is 12.1 Å². The van der Waals surface area contributed by atoms with Gasteiger partial charge in [-0.25, -0.2) is 9.59 Å². The third-order valence-electron chi connectivity index (χ3n) is 2.90. The molecule has 6 nitrogen and oxygen atoms in total. The van der Waals surface area contributed by atoms with E-state index in [0.29, 0.717) is 6.61 Å². The van der Waals surface area contributed by atoms with Crippen LogP contribution in [0.3, 0.4) is 0 Å². The van der Waals surface area contributed by atoms with E-state index < -0.39 is 23.7 Å². The van der Waals surface area contributed by atoms with Crippen molar-refractivity contribution in [2.45, 2.75) is 66.5 Å². The summed E-state index contributed by atoms with van der Waals surface area (Å²) in [6.07, 6.45) is 0.180. The molecule has 0 saturated carbocycles. The van der Waals surface area contributed by atoms with E-state index in [-0.39, 0.29) is 18.6 Å². The molecule has 0 rings (SSSR count). The first-order valence-electron chi connectivity index (χ1n) is 7.67. The van der Waals surface area contributed by atoms with Gasteiger partial charge in [-0.1, -0.05) is 20.8 Å². The molecule has 0 spiro atoms. The predicted octanol–water partition coefficient (Wildman–Crippen LogP) is 3.15. The van der Waals surface area contributed by atoms with Gasteiger partial charge in [-0.15, -0.1) is 0 Å². The van der Waals surface area contributed by atoms with E-state index >= 15 is 0 Å². The van der Waals surface area contributed by atoms with Crippen LogP contribution in [0.25, 0.3) is 0 Å². The van der Waals surface area contributed by atoms with Crippen molar-refractivity contribution in [2.75, 3.05) is 19.8 Å². The average Bonchev–Trinajstić information content (AvgIpc) is 2.28. The molecule has 0 aromatic heterocycles. The first-order valence-corrected chi connectivity index (χ1v) is 7.67. The third kappa shape index (κ3) is 8.87. The summed E-state index contributed by atoms with van der Waals surface area (Å²) in [7, 11) is 0. The topological polar surface area (TPSA) is 76.1 Å². The molecule has 0 bridgehead atoms. The van der Waals surface area contributed by atoms with Gasteiger partial charge < -0.3 is 14.6 Å². The lowest BCUT2D eigenvalue weighted by Crippen LogP contribution is -2.49. The maximum atomic E-state index is 12.1. The smallest absolute Gasteiger partial charge is 0.411 e. The number of aliphatic carboxylic acids is 1. The summed E-state index contributed by atoms with van der Waals surface area (Å²) in [4.78, 5) is 24.7. The molecule has 0 aliphatic heterocycles. The summed E-state index contributed by atoms with van der Waals surface area (Å²) in [5, 5.41) is 9.35. The summed E-state index contributed by atoms with van der Waals surface area (Å²) in [6.45, 7) is 13.9. The van der Waals surface area contributed by atoms with E-state index in [1.165, 1.54) is 4.90 Å². The summed E-state index contributed by atoms with van der Waals surface area (Å²) in [6, 6.07) is -1.04. The van der Waals surface area contributed by atoms with E-state index in [1.807, 2.05) is 0 Å². The van der Waals surface area contributed by atoms with Crippen molar-refractivity contribution in [3.8, 4) is 0 Å². The minimum atomic E-state index is -1.09. The number of amides is 1. The van der Waals surface area contributed by atoms with Gasteiger partial charge in [0.05, 0.1) is 6.61 Å². The second kappa shape index (κ2) is 8.36. The van der Waals surface area contributed by atoms with E-state index in [4.69, 9.17) is 9.47 Å². The van der Waals surface area contributed by atoms with Crippen LogP contribution in [0.4, 0.5) is 4.79 Å². The van der Waals surface area contributed by atoms with Crippen LogP contribution in [0.5, 0.6) is 0 Å². The van der Waals surface area contributed by atoms with Gasteiger partial charge in [-0.05, 0) is 39.5 Å². The van der Waals surface area contributed by atoms with Gasteiger partial charge in [0.2, 0.25) is 0 Å². The number of carbonyl (C=O) groups is 2. The van der Waals surface area contributed by atoms with Crippen molar-refractivity contribution in [1.29, 1.82) is 0 Å². The average molecular weight is 317 g/mol. The Morgan fingerprint density at radius 3 is 2.05 bits per heavy atom. The maximum Gasteiger partial charge on any atom is 0.411 e. The first-order chi connectivity index (χ1) is 9.87. The molecular weight excluding hydrogens is 286 g/mol. The lowest BCUT2D eigenvalue weighted by Gasteiger charge is -2.30. The summed E-state index contributed by atoms with van der Waals surface area (Å²) in [5.41, 5.74) is -0.547. The van der Waals surface area contributed by atoms with Crippen molar-refractivity contribution in [1.82, 2.24) is 4.90 Å². The van der Waals surface area contributed by atoms with Crippen LogP contribution in [-0.2, 0) is 14.3 Å². The molecule has 130 valence electrons. The molecule has 1 amide bonds. The molecule has 0 aliphatic carbocycles. The Balaban J connectivity index is 4.69. The Kier molecular flexibility index (Phi) is 7.87. The summed E-state index contributed by atoms with van der Waals surface area (Å²) < 4.78 is 10.7. The number of carboxylic acids is 1. The SMILES string of the molecule is CCN(C(=O)OC(C)(C)C)[C@@H](COCCC(C)(C)C)C(=O)O. The van der Waals surface area contributed by atoms with E-state index in [0.717, 1.165) is 6.42 Å². The van der Waals surface area contributed by atoms with Crippen LogP contribution >= 0.6 is 0 Å². The molecule has 1 N–H and O–H groups in total. The highest BCUT2D eigenvalue weighted by molar-refractivity contribution is 5.80. The zero-order chi connectivity index (χ0) is 17.6. The van der Waals surface area contributed by atoms with Crippen LogP contribution in [0.2, 0.25) is 0 Å². The molecule has 0 aromatic carbocycles. The van der Waals surface area contributed by atoms with Crippen LogP contribution in [0.1, 0.15) is 54.9 Å². The van der Waals surface area contributed by atoms with Gasteiger partial charge in [0.1, 0.15) is 5.60 Å². The van der Waals surface area contributed by atoms with Gasteiger partial charge in [0.25, 0.3) is 0 Å². The van der Waals surface area contributed by atoms with Gasteiger partial charge in [0, 0.05) is 13.2 Å². The Hall–Kier alpha value is -1.30. The highest BCUT2D eigenvalue weighted by Gasteiger charge is 2.32. The van der Waals surface area contributed by atoms with E-state index in [9.17, 15) is 14.7 Å². The number of carboxylic acid groups (broad SMARTS) is 1. The molecule has 0 aliphatic rings. The van der Waals surface area contributed by atoms with Gasteiger partial charge in [-0.2, -0.15) is 0 Å². The lowest BCUT2D eigenvalue weighted by molar-refractivity contribution is -0.145. The fourth-order valence-corrected chi connectivity index (χ4v) is 1.67. The molecule has 22 heavy (non-hydrogen) atoms. The number of likely N-dealkylation sites (N-methyl/N-ethyl adjacent to an activating group) is 1. The van der Waals surface area contributed by atoms with Crippen LogP contribution < -0.4 is 0 Å². The molecule has 0 heterocycles. The Morgan fingerprint density at radius 2 is 1.68 bits per heavy atom.